The Balaban J connectivity index is 2.11. The Morgan fingerprint density at radius 2 is 1.77 bits per heavy atom. The van der Waals surface area contributed by atoms with Gasteiger partial charge in [0.15, 0.2) is 5.75 Å². The molecule has 0 spiro atoms. The first-order chi connectivity index (χ1) is 10.5. The SMILES string of the molecule is COC(=O)c1cccc(NC(=O)Nc2ccc(Cl)cc2)c1O. The van der Waals surface area contributed by atoms with Gasteiger partial charge in [-0.3, -0.25) is 0 Å². The van der Waals surface area contributed by atoms with E-state index >= 15 is 0 Å². The third-order valence-corrected chi connectivity index (χ3v) is 3.04. The van der Waals surface area contributed by atoms with Crippen LogP contribution in [0.1, 0.15) is 10.4 Å². The number of rotatable bonds is 3. The van der Waals surface area contributed by atoms with Gasteiger partial charge in [-0.25, -0.2) is 9.59 Å². The molecule has 7 heteroatoms. The number of hydrogen-bond donors (Lipinski definition) is 3. The van der Waals surface area contributed by atoms with Crippen LogP contribution in [-0.2, 0) is 4.74 Å². The third kappa shape index (κ3) is 3.67. The van der Waals surface area contributed by atoms with Crippen molar-refractivity contribution in [2.75, 3.05) is 17.7 Å². The van der Waals surface area contributed by atoms with Crippen molar-refractivity contribution in [3.8, 4) is 5.75 Å². The summed E-state index contributed by atoms with van der Waals surface area (Å²) in [7, 11) is 1.20. The summed E-state index contributed by atoms with van der Waals surface area (Å²) in [6.07, 6.45) is 0. The average Bonchev–Trinajstić information content (AvgIpc) is 2.51. The van der Waals surface area contributed by atoms with Crippen LogP contribution in [0.15, 0.2) is 42.5 Å². The highest BCUT2D eigenvalue weighted by atomic mass is 35.5. The maximum absolute atomic E-state index is 11.9. The Morgan fingerprint density at radius 3 is 2.41 bits per heavy atom. The van der Waals surface area contributed by atoms with Gasteiger partial charge in [-0.05, 0) is 36.4 Å². The third-order valence-electron chi connectivity index (χ3n) is 2.79. The van der Waals surface area contributed by atoms with Crippen LogP contribution in [0.3, 0.4) is 0 Å². The summed E-state index contributed by atoms with van der Waals surface area (Å²) in [6.45, 7) is 0. The van der Waals surface area contributed by atoms with Crippen molar-refractivity contribution in [2.24, 2.45) is 0 Å². The number of esters is 1. The molecule has 114 valence electrons. The Hall–Kier alpha value is -2.73. The van der Waals surface area contributed by atoms with Gasteiger partial charge in [0, 0.05) is 10.7 Å². The standard InChI is InChI=1S/C15H13ClN2O4/c1-22-14(20)11-3-2-4-12(13(11)19)18-15(21)17-10-7-5-9(16)6-8-10/h2-8,19H,1H3,(H2,17,18,21). The van der Waals surface area contributed by atoms with Gasteiger partial charge in [0.2, 0.25) is 0 Å². The van der Waals surface area contributed by atoms with Gasteiger partial charge in [-0.15, -0.1) is 0 Å². The molecule has 0 aromatic heterocycles. The molecule has 2 amide bonds. The van der Waals surface area contributed by atoms with Gasteiger partial charge in [0.05, 0.1) is 12.8 Å². The van der Waals surface area contributed by atoms with E-state index in [4.69, 9.17) is 11.6 Å². The van der Waals surface area contributed by atoms with E-state index in [0.29, 0.717) is 10.7 Å². The highest BCUT2D eigenvalue weighted by Crippen LogP contribution is 2.28. The van der Waals surface area contributed by atoms with Crippen LogP contribution in [0.25, 0.3) is 0 Å². The number of methoxy groups -OCH3 is 1. The smallest absolute Gasteiger partial charge is 0.341 e. The molecule has 2 aromatic carbocycles. The summed E-state index contributed by atoms with van der Waals surface area (Å²) < 4.78 is 4.54. The Morgan fingerprint density at radius 1 is 1.09 bits per heavy atom. The average molecular weight is 321 g/mol. The number of carbonyl (C=O) groups excluding carboxylic acids is 2. The summed E-state index contributed by atoms with van der Waals surface area (Å²) in [6, 6.07) is 10.3. The molecular formula is C15H13ClN2O4. The second-order valence-corrected chi connectivity index (χ2v) is 4.72. The number of ether oxygens (including phenoxy) is 1. The van der Waals surface area contributed by atoms with Crippen molar-refractivity contribution in [2.45, 2.75) is 0 Å². The molecule has 0 radical (unpaired) electrons. The van der Waals surface area contributed by atoms with Crippen molar-refractivity contribution in [1.29, 1.82) is 0 Å². The second kappa shape index (κ2) is 6.82. The molecule has 0 aliphatic heterocycles. The van der Waals surface area contributed by atoms with Gasteiger partial charge < -0.3 is 20.5 Å². The molecule has 0 saturated heterocycles. The molecule has 2 aromatic rings. The van der Waals surface area contributed by atoms with Gasteiger partial charge in [0.1, 0.15) is 5.56 Å². The largest absolute Gasteiger partial charge is 0.505 e. The zero-order valence-corrected chi connectivity index (χ0v) is 12.3. The number of benzene rings is 2. The maximum Gasteiger partial charge on any atom is 0.341 e. The van der Waals surface area contributed by atoms with Crippen LogP contribution in [0.2, 0.25) is 5.02 Å². The van der Waals surface area contributed by atoms with Crippen molar-refractivity contribution >= 4 is 35.0 Å². The lowest BCUT2D eigenvalue weighted by Crippen LogP contribution is -2.19. The molecule has 22 heavy (non-hydrogen) atoms. The lowest BCUT2D eigenvalue weighted by atomic mass is 10.1. The molecule has 0 aliphatic carbocycles. The molecule has 0 bridgehead atoms. The molecule has 0 unspecified atom stereocenters. The Labute approximate surface area is 131 Å². The number of nitrogens with one attached hydrogen (secondary N) is 2. The fraction of sp³-hybridized carbons (Fsp3) is 0.0667. The molecular weight excluding hydrogens is 308 g/mol. The molecule has 0 atom stereocenters. The summed E-state index contributed by atoms with van der Waals surface area (Å²) >= 11 is 5.75. The van der Waals surface area contributed by atoms with Crippen LogP contribution in [0, 0.1) is 0 Å². The van der Waals surface area contributed by atoms with Crippen molar-refractivity contribution in [3.63, 3.8) is 0 Å². The fourth-order valence-corrected chi connectivity index (χ4v) is 1.86. The number of phenolic OH excluding ortho intramolecular Hbond substituents is 1. The Kier molecular flexibility index (Phi) is 4.85. The number of para-hydroxylation sites is 1. The van der Waals surface area contributed by atoms with E-state index < -0.39 is 12.0 Å². The minimum atomic E-state index is -0.695. The Bertz CT molecular complexity index is 701. The number of hydrogen-bond acceptors (Lipinski definition) is 4. The minimum Gasteiger partial charge on any atom is -0.505 e. The zero-order chi connectivity index (χ0) is 16.1. The quantitative estimate of drug-likeness (QED) is 0.597. The molecule has 0 heterocycles. The van der Waals surface area contributed by atoms with Crippen LogP contribution < -0.4 is 10.6 Å². The van der Waals surface area contributed by atoms with E-state index in [2.05, 4.69) is 15.4 Å². The predicted molar refractivity (Wildman–Crippen MR) is 83.5 cm³/mol. The molecule has 6 nitrogen and oxygen atoms in total. The van der Waals surface area contributed by atoms with E-state index in [-0.39, 0.29) is 17.0 Å². The summed E-state index contributed by atoms with van der Waals surface area (Å²) in [5, 5.41) is 15.6. The molecule has 3 N–H and O–H groups in total. The number of halogens is 1. The van der Waals surface area contributed by atoms with Gasteiger partial charge >= 0.3 is 12.0 Å². The fourth-order valence-electron chi connectivity index (χ4n) is 1.74. The number of aromatic hydroxyl groups is 1. The minimum absolute atomic E-state index is 0.0354. The van der Waals surface area contributed by atoms with E-state index in [9.17, 15) is 14.7 Å². The first-order valence-corrected chi connectivity index (χ1v) is 6.63. The molecule has 0 aliphatic rings. The predicted octanol–water partition coefficient (Wildman–Crippen LogP) is 3.48. The van der Waals surface area contributed by atoms with Crippen LogP contribution in [-0.4, -0.2) is 24.2 Å². The molecule has 0 fully saturated rings. The number of urea groups is 1. The van der Waals surface area contributed by atoms with Gasteiger partial charge in [-0.1, -0.05) is 17.7 Å². The number of amides is 2. The first kappa shape index (κ1) is 15.7. The van der Waals surface area contributed by atoms with Crippen molar-refractivity contribution in [3.05, 3.63) is 53.1 Å². The van der Waals surface area contributed by atoms with Crippen molar-refractivity contribution in [1.82, 2.24) is 0 Å². The van der Waals surface area contributed by atoms with Crippen LogP contribution >= 0.6 is 11.6 Å². The lowest BCUT2D eigenvalue weighted by Gasteiger charge is -2.11. The van der Waals surface area contributed by atoms with Crippen molar-refractivity contribution < 1.29 is 19.4 Å². The first-order valence-electron chi connectivity index (χ1n) is 6.25. The van der Waals surface area contributed by atoms with E-state index in [0.717, 1.165) is 0 Å². The normalized spacial score (nSPS) is 9.91. The topological polar surface area (TPSA) is 87.7 Å². The summed E-state index contributed by atoms with van der Waals surface area (Å²) in [5.41, 5.74) is 0.590. The number of anilines is 2. The molecule has 2 rings (SSSR count). The lowest BCUT2D eigenvalue weighted by molar-refractivity contribution is 0.0597. The zero-order valence-electron chi connectivity index (χ0n) is 11.6. The van der Waals surface area contributed by atoms with Crippen LogP contribution in [0.5, 0.6) is 5.75 Å². The van der Waals surface area contributed by atoms with E-state index in [1.165, 1.54) is 25.3 Å². The maximum atomic E-state index is 11.9. The number of carbonyl (C=O) groups is 2. The van der Waals surface area contributed by atoms with Gasteiger partial charge in [-0.2, -0.15) is 0 Å². The van der Waals surface area contributed by atoms with Crippen LogP contribution in [0.4, 0.5) is 16.2 Å². The summed E-state index contributed by atoms with van der Waals surface area (Å²) in [4.78, 5) is 23.4. The summed E-state index contributed by atoms with van der Waals surface area (Å²) in [5.74, 6) is -1.06. The highest BCUT2D eigenvalue weighted by molar-refractivity contribution is 6.30. The van der Waals surface area contributed by atoms with E-state index in [1.807, 2.05) is 0 Å². The highest BCUT2D eigenvalue weighted by Gasteiger charge is 2.15. The number of phenols is 1. The molecule has 0 saturated carbocycles. The monoisotopic (exact) mass is 320 g/mol. The van der Waals surface area contributed by atoms with E-state index in [1.54, 1.807) is 24.3 Å². The second-order valence-electron chi connectivity index (χ2n) is 4.28. The van der Waals surface area contributed by atoms with Gasteiger partial charge in [0.25, 0.3) is 0 Å².